The van der Waals surface area contributed by atoms with Gasteiger partial charge in [0.15, 0.2) is 0 Å². The number of carbonyl (C=O) groups is 1. The second kappa shape index (κ2) is 9.40. The molecule has 2 rings (SSSR count). The molecule has 1 saturated carbocycles. The van der Waals surface area contributed by atoms with Crippen LogP contribution in [0.2, 0.25) is 0 Å². The molecule has 0 atom stereocenters. The van der Waals surface area contributed by atoms with Gasteiger partial charge in [-0.25, -0.2) is 4.79 Å². The number of amides is 2. The number of hydrogen-bond donors (Lipinski definition) is 3. The van der Waals surface area contributed by atoms with Crippen LogP contribution in [-0.4, -0.2) is 36.9 Å². The Kier molecular flexibility index (Phi) is 7.20. The molecule has 1 aromatic rings. The van der Waals surface area contributed by atoms with Crippen molar-refractivity contribution in [3.63, 3.8) is 0 Å². The summed E-state index contributed by atoms with van der Waals surface area (Å²) < 4.78 is 5.62. The van der Waals surface area contributed by atoms with Crippen LogP contribution < -0.4 is 15.4 Å². The van der Waals surface area contributed by atoms with Crippen molar-refractivity contribution in [3.05, 3.63) is 29.8 Å². The van der Waals surface area contributed by atoms with E-state index in [1.165, 1.54) is 5.56 Å². The van der Waals surface area contributed by atoms with E-state index in [0.29, 0.717) is 19.1 Å². The van der Waals surface area contributed by atoms with Crippen LogP contribution in [0, 0.1) is 12.8 Å². The monoisotopic (exact) mass is 320 g/mol. The van der Waals surface area contributed by atoms with Crippen molar-refractivity contribution in [1.29, 1.82) is 0 Å². The van der Waals surface area contributed by atoms with Gasteiger partial charge in [0.05, 0.1) is 6.61 Å². The summed E-state index contributed by atoms with van der Waals surface area (Å²) in [7, 11) is 0. The highest BCUT2D eigenvalue weighted by Gasteiger charge is 2.21. The molecule has 0 aliphatic heterocycles. The molecule has 5 nitrogen and oxygen atoms in total. The van der Waals surface area contributed by atoms with Crippen LogP contribution in [0.25, 0.3) is 0 Å². The average molecular weight is 320 g/mol. The highest BCUT2D eigenvalue weighted by molar-refractivity contribution is 5.74. The van der Waals surface area contributed by atoms with Gasteiger partial charge in [0.1, 0.15) is 5.75 Å². The van der Waals surface area contributed by atoms with Crippen LogP contribution in [0.3, 0.4) is 0 Å². The normalized spacial score (nSPS) is 20.8. The van der Waals surface area contributed by atoms with Crippen molar-refractivity contribution in [2.75, 3.05) is 19.8 Å². The molecule has 5 heteroatoms. The summed E-state index contributed by atoms with van der Waals surface area (Å²) in [4.78, 5) is 11.8. The third-order valence-electron chi connectivity index (χ3n) is 4.34. The third-order valence-corrected chi connectivity index (χ3v) is 4.34. The summed E-state index contributed by atoms with van der Waals surface area (Å²) in [6.07, 6.45) is 4.67. The van der Waals surface area contributed by atoms with Gasteiger partial charge < -0.3 is 20.5 Å². The molecule has 1 aliphatic rings. The molecule has 0 heterocycles. The molecule has 1 aliphatic carbocycles. The van der Waals surface area contributed by atoms with Crippen molar-refractivity contribution in [2.45, 2.75) is 45.1 Å². The number of nitrogens with one attached hydrogen (secondary N) is 2. The SMILES string of the molecule is Cc1ccc(OCCCNC(=O)NC2CCC(CO)CC2)cc1. The Bertz CT molecular complexity index is 468. The molecular weight excluding hydrogens is 292 g/mol. The lowest BCUT2D eigenvalue weighted by Crippen LogP contribution is -2.44. The zero-order chi connectivity index (χ0) is 16.5. The van der Waals surface area contributed by atoms with E-state index in [4.69, 9.17) is 9.84 Å². The Hall–Kier alpha value is -1.75. The fourth-order valence-corrected chi connectivity index (χ4v) is 2.82. The molecule has 1 fully saturated rings. The van der Waals surface area contributed by atoms with E-state index in [1.54, 1.807) is 0 Å². The summed E-state index contributed by atoms with van der Waals surface area (Å²) in [5.41, 5.74) is 1.21. The minimum absolute atomic E-state index is 0.104. The Morgan fingerprint density at radius 2 is 1.91 bits per heavy atom. The third kappa shape index (κ3) is 6.48. The molecule has 0 unspecified atom stereocenters. The molecule has 0 spiro atoms. The van der Waals surface area contributed by atoms with E-state index in [2.05, 4.69) is 10.6 Å². The zero-order valence-electron chi connectivity index (χ0n) is 13.9. The maximum atomic E-state index is 11.8. The fraction of sp³-hybridized carbons (Fsp3) is 0.611. The molecule has 128 valence electrons. The van der Waals surface area contributed by atoms with Crippen molar-refractivity contribution >= 4 is 6.03 Å². The molecule has 0 saturated heterocycles. The van der Waals surface area contributed by atoms with Gasteiger partial charge in [-0.2, -0.15) is 0 Å². The van der Waals surface area contributed by atoms with E-state index < -0.39 is 0 Å². The summed E-state index contributed by atoms with van der Waals surface area (Å²) in [6, 6.07) is 8.09. The first kappa shape index (κ1) is 17.6. The van der Waals surface area contributed by atoms with Crippen LogP contribution in [-0.2, 0) is 0 Å². The molecule has 1 aromatic carbocycles. The smallest absolute Gasteiger partial charge is 0.315 e. The van der Waals surface area contributed by atoms with Crippen LogP contribution in [0.1, 0.15) is 37.7 Å². The number of benzene rings is 1. The molecule has 0 bridgehead atoms. The van der Waals surface area contributed by atoms with Crippen LogP contribution >= 0.6 is 0 Å². The van der Waals surface area contributed by atoms with Crippen molar-refractivity contribution < 1.29 is 14.6 Å². The van der Waals surface area contributed by atoms with Gasteiger partial charge in [-0.3, -0.25) is 0 Å². The number of carbonyl (C=O) groups excluding carboxylic acids is 1. The lowest BCUT2D eigenvalue weighted by Gasteiger charge is -2.27. The Morgan fingerprint density at radius 3 is 2.57 bits per heavy atom. The lowest BCUT2D eigenvalue weighted by molar-refractivity contribution is 0.174. The zero-order valence-corrected chi connectivity index (χ0v) is 13.9. The number of hydrogen-bond acceptors (Lipinski definition) is 3. The van der Waals surface area contributed by atoms with Crippen molar-refractivity contribution in [2.24, 2.45) is 5.92 Å². The Labute approximate surface area is 138 Å². The molecule has 2 amide bonds. The van der Waals surface area contributed by atoms with Gasteiger partial charge in [-0.05, 0) is 57.1 Å². The second-order valence-electron chi connectivity index (χ2n) is 6.32. The number of rotatable bonds is 7. The number of aliphatic hydroxyl groups is 1. The molecule has 0 aromatic heterocycles. The number of urea groups is 1. The number of aryl methyl sites for hydroxylation is 1. The standard InChI is InChI=1S/C18H28N2O3/c1-14-3-9-17(10-4-14)23-12-2-11-19-18(22)20-16-7-5-15(13-21)6-8-16/h3-4,9-10,15-16,21H,2,5-8,11-13H2,1H3,(H2,19,20,22). The van der Waals surface area contributed by atoms with Crippen LogP contribution in [0.15, 0.2) is 24.3 Å². The first-order chi connectivity index (χ1) is 11.2. The summed E-state index contributed by atoms with van der Waals surface area (Å²) in [5, 5.41) is 15.0. The second-order valence-corrected chi connectivity index (χ2v) is 6.32. The highest BCUT2D eigenvalue weighted by atomic mass is 16.5. The van der Waals surface area contributed by atoms with E-state index >= 15 is 0 Å². The number of aliphatic hydroxyl groups excluding tert-OH is 1. The van der Waals surface area contributed by atoms with Crippen LogP contribution in [0.4, 0.5) is 4.79 Å². The van der Waals surface area contributed by atoms with Crippen molar-refractivity contribution in [3.8, 4) is 5.75 Å². The summed E-state index contributed by atoms with van der Waals surface area (Å²) in [5.74, 6) is 1.27. The largest absolute Gasteiger partial charge is 0.494 e. The predicted molar refractivity (Wildman–Crippen MR) is 90.7 cm³/mol. The van der Waals surface area contributed by atoms with Crippen LogP contribution in [0.5, 0.6) is 5.75 Å². The highest BCUT2D eigenvalue weighted by Crippen LogP contribution is 2.23. The minimum atomic E-state index is -0.104. The molecule has 0 radical (unpaired) electrons. The summed E-state index contributed by atoms with van der Waals surface area (Å²) in [6.45, 7) is 3.50. The Morgan fingerprint density at radius 1 is 1.22 bits per heavy atom. The van der Waals surface area contributed by atoms with E-state index in [-0.39, 0.29) is 18.7 Å². The first-order valence-electron chi connectivity index (χ1n) is 8.52. The minimum Gasteiger partial charge on any atom is -0.494 e. The lowest BCUT2D eigenvalue weighted by atomic mass is 9.87. The number of ether oxygens (including phenoxy) is 1. The van der Waals surface area contributed by atoms with Gasteiger partial charge in [-0.1, -0.05) is 17.7 Å². The molecular formula is C18H28N2O3. The molecule has 3 N–H and O–H groups in total. The van der Waals surface area contributed by atoms with Gasteiger partial charge in [0.2, 0.25) is 0 Å². The first-order valence-corrected chi connectivity index (χ1v) is 8.52. The maximum absolute atomic E-state index is 11.8. The summed E-state index contributed by atoms with van der Waals surface area (Å²) >= 11 is 0. The van der Waals surface area contributed by atoms with Gasteiger partial charge >= 0.3 is 6.03 Å². The topological polar surface area (TPSA) is 70.6 Å². The van der Waals surface area contributed by atoms with Gasteiger partial charge in [-0.15, -0.1) is 0 Å². The average Bonchev–Trinajstić information content (AvgIpc) is 2.57. The quantitative estimate of drug-likeness (QED) is 0.676. The maximum Gasteiger partial charge on any atom is 0.315 e. The van der Waals surface area contributed by atoms with Gasteiger partial charge in [0, 0.05) is 19.2 Å². The van der Waals surface area contributed by atoms with Crippen molar-refractivity contribution in [1.82, 2.24) is 10.6 Å². The van der Waals surface area contributed by atoms with Gasteiger partial charge in [0.25, 0.3) is 0 Å². The van der Waals surface area contributed by atoms with E-state index in [1.807, 2.05) is 31.2 Å². The molecule has 23 heavy (non-hydrogen) atoms. The predicted octanol–water partition coefficient (Wildman–Crippen LogP) is 2.61. The van der Waals surface area contributed by atoms with E-state index in [0.717, 1.165) is 37.9 Å². The fourth-order valence-electron chi connectivity index (χ4n) is 2.82. The van der Waals surface area contributed by atoms with E-state index in [9.17, 15) is 4.79 Å². The Balaban J connectivity index is 1.52.